The Hall–Kier alpha value is -0.480. The summed E-state index contributed by atoms with van der Waals surface area (Å²) in [6.07, 6.45) is 11.9. The number of hydrogen-bond acceptors (Lipinski definition) is 1. The minimum atomic E-state index is 0.600. The van der Waals surface area contributed by atoms with Gasteiger partial charge in [-0.1, -0.05) is 26.7 Å². The van der Waals surface area contributed by atoms with Crippen LogP contribution < -0.4 is 5.32 Å². The number of hydrogen-bond donors (Lipinski definition) is 1. The van der Waals surface area contributed by atoms with Crippen LogP contribution in [0.3, 0.4) is 0 Å². The second-order valence-corrected chi connectivity index (χ2v) is 4.78. The summed E-state index contributed by atoms with van der Waals surface area (Å²) >= 11 is 0. The van der Waals surface area contributed by atoms with Crippen molar-refractivity contribution in [3.8, 4) is 12.3 Å². The smallest absolute Gasteiger partial charge is 0.0117 e. The zero-order chi connectivity index (χ0) is 10.4. The van der Waals surface area contributed by atoms with Gasteiger partial charge in [0.1, 0.15) is 0 Å². The fourth-order valence-corrected chi connectivity index (χ4v) is 2.36. The van der Waals surface area contributed by atoms with E-state index in [0.717, 1.165) is 24.8 Å². The van der Waals surface area contributed by atoms with Crippen molar-refractivity contribution < 1.29 is 0 Å². The molecule has 0 bridgehead atoms. The van der Waals surface area contributed by atoms with Gasteiger partial charge in [0.05, 0.1) is 0 Å². The predicted molar refractivity (Wildman–Crippen MR) is 62.0 cm³/mol. The van der Waals surface area contributed by atoms with Gasteiger partial charge in [0.2, 0.25) is 0 Å². The van der Waals surface area contributed by atoms with Gasteiger partial charge < -0.3 is 5.32 Å². The van der Waals surface area contributed by atoms with E-state index in [2.05, 4.69) is 25.1 Å². The van der Waals surface area contributed by atoms with Crippen LogP contribution in [0.1, 0.15) is 46.0 Å². The first-order chi connectivity index (χ1) is 6.74. The number of nitrogens with one attached hydrogen (secondary N) is 1. The molecule has 0 spiro atoms. The first-order valence-electron chi connectivity index (χ1n) is 5.91. The Bertz CT molecular complexity index is 190. The fraction of sp³-hybridized carbons (Fsp3) is 0.846. The van der Waals surface area contributed by atoms with E-state index in [1.807, 2.05) is 0 Å². The highest BCUT2D eigenvalue weighted by Gasteiger charge is 2.23. The SMILES string of the molecule is C#CCC1CCCCC1CNC(C)C. The Labute approximate surface area is 88.7 Å². The van der Waals surface area contributed by atoms with E-state index in [1.165, 1.54) is 25.7 Å². The average Bonchev–Trinajstić information content (AvgIpc) is 2.17. The van der Waals surface area contributed by atoms with E-state index in [0.29, 0.717) is 6.04 Å². The van der Waals surface area contributed by atoms with Crippen molar-refractivity contribution in [2.24, 2.45) is 11.8 Å². The van der Waals surface area contributed by atoms with Gasteiger partial charge in [-0.15, -0.1) is 12.3 Å². The molecule has 1 fully saturated rings. The molecule has 0 amide bonds. The molecule has 0 heterocycles. The standard InChI is InChI=1S/C13H23N/c1-4-7-12-8-5-6-9-13(12)10-14-11(2)3/h1,11-14H,5-10H2,2-3H3. The maximum Gasteiger partial charge on any atom is 0.0117 e. The van der Waals surface area contributed by atoms with Crippen LogP contribution in [0.25, 0.3) is 0 Å². The third-order valence-electron chi connectivity index (χ3n) is 3.23. The molecule has 1 aliphatic carbocycles. The van der Waals surface area contributed by atoms with Gasteiger partial charge in [0, 0.05) is 12.5 Å². The highest BCUT2D eigenvalue weighted by atomic mass is 14.9. The molecule has 0 saturated heterocycles. The Morgan fingerprint density at radius 1 is 1.29 bits per heavy atom. The Morgan fingerprint density at radius 2 is 1.93 bits per heavy atom. The van der Waals surface area contributed by atoms with Crippen LogP contribution in [-0.2, 0) is 0 Å². The lowest BCUT2D eigenvalue weighted by atomic mass is 9.77. The normalized spacial score (nSPS) is 27.6. The largest absolute Gasteiger partial charge is 0.314 e. The van der Waals surface area contributed by atoms with Crippen LogP contribution in [0.2, 0.25) is 0 Å². The minimum Gasteiger partial charge on any atom is -0.314 e. The van der Waals surface area contributed by atoms with Gasteiger partial charge in [0.25, 0.3) is 0 Å². The summed E-state index contributed by atoms with van der Waals surface area (Å²) in [5.41, 5.74) is 0. The van der Waals surface area contributed by atoms with Gasteiger partial charge in [-0.2, -0.15) is 0 Å². The second kappa shape index (κ2) is 6.09. The quantitative estimate of drug-likeness (QED) is 0.677. The molecular weight excluding hydrogens is 170 g/mol. The van der Waals surface area contributed by atoms with Crippen molar-refractivity contribution in [1.82, 2.24) is 5.32 Å². The first kappa shape index (κ1) is 11.6. The van der Waals surface area contributed by atoms with Crippen molar-refractivity contribution in [1.29, 1.82) is 0 Å². The molecule has 0 aromatic carbocycles. The summed E-state index contributed by atoms with van der Waals surface area (Å²) in [5.74, 6) is 4.43. The zero-order valence-electron chi connectivity index (χ0n) is 9.55. The lowest BCUT2D eigenvalue weighted by Crippen LogP contribution is -2.34. The molecule has 1 nitrogen and oxygen atoms in total. The maximum absolute atomic E-state index is 5.41. The molecule has 2 unspecified atom stereocenters. The predicted octanol–water partition coefficient (Wildman–Crippen LogP) is 2.81. The summed E-state index contributed by atoms with van der Waals surface area (Å²) in [7, 11) is 0. The molecule has 0 aromatic heterocycles. The van der Waals surface area contributed by atoms with Gasteiger partial charge >= 0.3 is 0 Å². The van der Waals surface area contributed by atoms with Gasteiger partial charge in [0.15, 0.2) is 0 Å². The molecule has 2 atom stereocenters. The summed E-state index contributed by atoms with van der Waals surface area (Å²) in [6, 6.07) is 0.600. The zero-order valence-corrected chi connectivity index (χ0v) is 9.55. The monoisotopic (exact) mass is 193 g/mol. The van der Waals surface area contributed by atoms with Crippen LogP contribution in [0.5, 0.6) is 0 Å². The summed E-state index contributed by atoms with van der Waals surface area (Å²) in [4.78, 5) is 0. The van der Waals surface area contributed by atoms with E-state index in [4.69, 9.17) is 6.42 Å². The molecule has 1 aliphatic rings. The highest BCUT2D eigenvalue weighted by Crippen LogP contribution is 2.31. The van der Waals surface area contributed by atoms with Crippen LogP contribution in [0.15, 0.2) is 0 Å². The average molecular weight is 193 g/mol. The molecule has 1 N–H and O–H groups in total. The maximum atomic E-state index is 5.41. The van der Waals surface area contributed by atoms with Gasteiger partial charge in [-0.3, -0.25) is 0 Å². The third-order valence-corrected chi connectivity index (χ3v) is 3.23. The molecule has 1 rings (SSSR count). The molecule has 1 heteroatoms. The van der Waals surface area contributed by atoms with E-state index in [9.17, 15) is 0 Å². The lowest BCUT2D eigenvalue weighted by Gasteiger charge is -2.31. The van der Waals surface area contributed by atoms with Crippen molar-refractivity contribution >= 4 is 0 Å². The number of rotatable bonds is 4. The second-order valence-electron chi connectivity index (χ2n) is 4.78. The van der Waals surface area contributed by atoms with Crippen molar-refractivity contribution in [2.75, 3.05) is 6.54 Å². The molecule has 1 saturated carbocycles. The molecule has 0 radical (unpaired) electrons. The van der Waals surface area contributed by atoms with E-state index in [-0.39, 0.29) is 0 Å². The lowest BCUT2D eigenvalue weighted by molar-refractivity contribution is 0.230. The molecule has 0 aromatic rings. The third kappa shape index (κ3) is 3.72. The fourth-order valence-electron chi connectivity index (χ4n) is 2.36. The van der Waals surface area contributed by atoms with Crippen LogP contribution >= 0.6 is 0 Å². The Kier molecular flexibility index (Phi) is 5.04. The van der Waals surface area contributed by atoms with E-state index >= 15 is 0 Å². The summed E-state index contributed by atoms with van der Waals surface area (Å²) < 4.78 is 0. The molecule has 80 valence electrons. The van der Waals surface area contributed by atoms with E-state index in [1.54, 1.807) is 0 Å². The van der Waals surface area contributed by atoms with Gasteiger partial charge in [-0.25, -0.2) is 0 Å². The van der Waals surface area contributed by atoms with Crippen LogP contribution in [0, 0.1) is 24.2 Å². The minimum absolute atomic E-state index is 0.600. The van der Waals surface area contributed by atoms with Crippen molar-refractivity contribution in [3.63, 3.8) is 0 Å². The molecule has 0 aliphatic heterocycles. The van der Waals surface area contributed by atoms with Gasteiger partial charge in [-0.05, 0) is 31.2 Å². The Morgan fingerprint density at radius 3 is 2.50 bits per heavy atom. The summed E-state index contributed by atoms with van der Waals surface area (Å²) in [6.45, 7) is 5.57. The van der Waals surface area contributed by atoms with Crippen molar-refractivity contribution in [2.45, 2.75) is 52.0 Å². The molecular formula is C13H23N. The highest BCUT2D eigenvalue weighted by molar-refractivity contribution is 4.91. The van der Waals surface area contributed by atoms with Crippen LogP contribution in [-0.4, -0.2) is 12.6 Å². The topological polar surface area (TPSA) is 12.0 Å². The number of terminal acetylenes is 1. The van der Waals surface area contributed by atoms with E-state index < -0.39 is 0 Å². The molecule has 14 heavy (non-hydrogen) atoms. The first-order valence-corrected chi connectivity index (χ1v) is 5.91. The Balaban J connectivity index is 2.34. The summed E-state index contributed by atoms with van der Waals surface area (Å²) in [5, 5.41) is 3.53. The van der Waals surface area contributed by atoms with Crippen molar-refractivity contribution in [3.05, 3.63) is 0 Å². The van der Waals surface area contributed by atoms with Crippen LogP contribution in [0.4, 0.5) is 0 Å².